The van der Waals surface area contributed by atoms with Crippen LogP contribution in [-0.2, 0) is 17.6 Å². The van der Waals surface area contributed by atoms with E-state index in [2.05, 4.69) is 18.5 Å². The highest BCUT2D eigenvalue weighted by Crippen LogP contribution is 2.27. The molecule has 2 rings (SSSR count). The number of aryl methyl sites for hydroxylation is 1. The number of unbranched alkanes of at least 4 members (excludes halogenated alkanes) is 1. The van der Waals surface area contributed by atoms with Crippen LogP contribution in [0.15, 0.2) is 18.2 Å². The third kappa shape index (κ3) is 2.80. The summed E-state index contributed by atoms with van der Waals surface area (Å²) in [6.45, 7) is 6.62. The Balaban J connectivity index is 2.07. The Hall–Kier alpha value is -1.16. The molecule has 0 aliphatic heterocycles. The first kappa shape index (κ1) is 13.3. The van der Waals surface area contributed by atoms with Crippen molar-refractivity contribution in [3.63, 3.8) is 0 Å². The molecule has 0 aromatic carbocycles. The van der Waals surface area contributed by atoms with E-state index in [4.69, 9.17) is 0 Å². The fraction of sp³-hybridized carbons (Fsp3) is 0.571. The van der Waals surface area contributed by atoms with Crippen LogP contribution in [0.1, 0.15) is 36.8 Å². The maximum Gasteiger partial charge on any atom is 0.246 e. The second-order valence-corrected chi connectivity index (χ2v) is 5.65. The summed E-state index contributed by atoms with van der Waals surface area (Å²) >= 11 is 1.71. The Morgan fingerprint density at radius 2 is 2.56 bits per heavy atom. The second-order valence-electron chi connectivity index (χ2n) is 4.71. The van der Waals surface area contributed by atoms with Crippen LogP contribution in [0.2, 0.25) is 0 Å². The predicted octanol–water partition coefficient (Wildman–Crippen LogP) is 2.82. The van der Waals surface area contributed by atoms with Crippen molar-refractivity contribution in [3.8, 4) is 0 Å². The quantitative estimate of drug-likeness (QED) is 0.766. The fourth-order valence-electron chi connectivity index (χ4n) is 2.47. The highest BCUT2D eigenvalue weighted by atomic mass is 32.1. The van der Waals surface area contributed by atoms with E-state index in [0.717, 1.165) is 38.6 Å². The lowest BCUT2D eigenvalue weighted by atomic mass is 9.96. The first-order chi connectivity index (χ1) is 8.76. The van der Waals surface area contributed by atoms with E-state index in [1.165, 1.54) is 16.6 Å². The van der Waals surface area contributed by atoms with Gasteiger partial charge in [-0.25, -0.2) is 4.98 Å². The maximum atomic E-state index is 12.0. The van der Waals surface area contributed by atoms with Crippen molar-refractivity contribution in [2.45, 2.75) is 45.1 Å². The van der Waals surface area contributed by atoms with Gasteiger partial charge in [-0.3, -0.25) is 4.79 Å². The van der Waals surface area contributed by atoms with Crippen LogP contribution in [-0.4, -0.2) is 28.4 Å². The molecule has 0 spiro atoms. The molecule has 1 aliphatic carbocycles. The number of carbonyl (C=O) groups excluding carboxylic acids is 1. The molecule has 0 saturated heterocycles. The monoisotopic (exact) mass is 264 g/mol. The molecule has 0 saturated carbocycles. The van der Waals surface area contributed by atoms with Gasteiger partial charge in [0.25, 0.3) is 0 Å². The van der Waals surface area contributed by atoms with E-state index < -0.39 is 0 Å². The lowest BCUT2D eigenvalue weighted by Crippen LogP contribution is -2.43. The van der Waals surface area contributed by atoms with Crippen LogP contribution >= 0.6 is 11.3 Å². The first-order valence-electron chi connectivity index (χ1n) is 6.60. The molecule has 0 fully saturated rings. The third-order valence-corrected chi connectivity index (χ3v) is 4.41. The lowest BCUT2D eigenvalue weighted by Gasteiger charge is -2.33. The minimum atomic E-state index is 0.0708. The van der Waals surface area contributed by atoms with Gasteiger partial charge in [0, 0.05) is 23.9 Å². The number of nitrogens with zero attached hydrogens (tertiary/aromatic N) is 2. The van der Waals surface area contributed by atoms with Crippen molar-refractivity contribution in [2.75, 3.05) is 6.54 Å². The Kier molecular flexibility index (Phi) is 4.53. The van der Waals surface area contributed by atoms with Gasteiger partial charge in [0.2, 0.25) is 5.91 Å². The van der Waals surface area contributed by atoms with Gasteiger partial charge in [0.05, 0.1) is 11.2 Å². The highest BCUT2D eigenvalue weighted by Gasteiger charge is 2.27. The second kappa shape index (κ2) is 6.14. The standard InChI is InChI=1S/C14H20N2OS/c1-3-5-8-16(14(17)4-2)11-6-7-12-13(9-11)18-10-15-12/h4,10-11H,2-3,5-9H2,1H3. The predicted molar refractivity (Wildman–Crippen MR) is 74.7 cm³/mol. The van der Waals surface area contributed by atoms with Gasteiger partial charge in [0.1, 0.15) is 0 Å². The number of carbonyl (C=O) groups is 1. The van der Waals surface area contributed by atoms with Crippen molar-refractivity contribution in [2.24, 2.45) is 0 Å². The number of hydrogen-bond donors (Lipinski definition) is 0. The minimum Gasteiger partial charge on any atom is -0.336 e. The molecule has 1 aliphatic rings. The van der Waals surface area contributed by atoms with Gasteiger partial charge in [-0.05, 0) is 25.3 Å². The molecule has 1 aromatic heterocycles. The van der Waals surface area contributed by atoms with Crippen LogP contribution in [0.4, 0.5) is 0 Å². The molecule has 1 atom stereocenters. The minimum absolute atomic E-state index is 0.0708. The molecule has 4 heteroatoms. The molecule has 0 N–H and O–H groups in total. The number of hydrogen-bond acceptors (Lipinski definition) is 3. The number of aromatic nitrogens is 1. The molecule has 0 radical (unpaired) electrons. The van der Waals surface area contributed by atoms with Crippen molar-refractivity contribution >= 4 is 17.2 Å². The van der Waals surface area contributed by atoms with Crippen LogP contribution in [0.25, 0.3) is 0 Å². The smallest absolute Gasteiger partial charge is 0.246 e. The van der Waals surface area contributed by atoms with E-state index in [9.17, 15) is 4.79 Å². The van der Waals surface area contributed by atoms with E-state index in [1.54, 1.807) is 11.3 Å². The van der Waals surface area contributed by atoms with Crippen LogP contribution < -0.4 is 0 Å². The van der Waals surface area contributed by atoms with E-state index in [0.29, 0.717) is 6.04 Å². The van der Waals surface area contributed by atoms with Crippen LogP contribution in [0.5, 0.6) is 0 Å². The Morgan fingerprint density at radius 3 is 3.28 bits per heavy atom. The first-order valence-corrected chi connectivity index (χ1v) is 7.48. The van der Waals surface area contributed by atoms with Crippen molar-refractivity contribution < 1.29 is 4.79 Å². The Bertz CT molecular complexity index is 427. The average Bonchev–Trinajstić information content (AvgIpc) is 2.86. The van der Waals surface area contributed by atoms with Gasteiger partial charge in [-0.15, -0.1) is 11.3 Å². The third-order valence-electron chi connectivity index (χ3n) is 3.51. The van der Waals surface area contributed by atoms with Crippen molar-refractivity contribution in [3.05, 3.63) is 28.7 Å². The van der Waals surface area contributed by atoms with Crippen LogP contribution in [0.3, 0.4) is 0 Å². The molecule has 18 heavy (non-hydrogen) atoms. The molecule has 1 heterocycles. The normalized spacial score (nSPS) is 18.2. The van der Waals surface area contributed by atoms with Crippen molar-refractivity contribution in [1.82, 2.24) is 9.88 Å². The molecule has 1 unspecified atom stereocenters. The highest BCUT2D eigenvalue weighted by molar-refractivity contribution is 7.09. The molecule has 1 aromatic rings. The summed E-state index contributed by atoms with van der Waals surface area (Å²) in [5.41, 5.74) is 3.15. The summed E-state index contributed by atoms with van der Waals surface area (Å²) in [7, 11) is 0. The molecule has 0 bridgehead atoms. The van der Waals surface area contributed by atoms with Crippen LogP contribution in [0, 0.1) is 0 Å². The Morgan fingerprint density at radius 1 is 1.72 bits per heavy atom. The number of fused-ring (bicyclic) bond motifs is 1. The van der Waals surface area contributed by atoms with E-state index >= 15 is 0 Å². The van der Waals surface area contributed by atoms with Gasteiger partial charge in [-0.2, -0.15) is 0 Å². The molecular formula is C14H20N2OS. The number of amides is 1. The summed E-state index contributed by atoms with van der Waals surface area (Å²) in [4.78, 5) is 19.7. The Labute approximate surface area is 113 Å². The number of rotatable bonds is 5. The summed E-state index contributed by atoms with van der Waals surface area (Å²) in [5, 5.41) is 0. The zero-order valence-corrected chi connectivity index (χ0v) is 11.7. The molecule has 1 amide bonds. The summed E-state index contributed by atoms with van der Waals surface area (Å²) in [6, 6.07) is 0.329. The largest absolute Gasteiger partial charge is 0.336 e. The van der Waals surface area contributed by atoms with E-state index in [1.807, 2.05) is 10.4 Å². The number of thiazole rings is 1. The summed E-state index contributed by atoms with van der Waals surface area (Å²) in [6.07, 6.45) is 6.60. The van der Waals surface area contributed by atoms with Gasteiger partial charge in [-0.1, -0.05) is 19.9 Å². The molecular weight excluding hydrogens is 244 g/mol. The zero-order chi connectivity index (χ0) is 13.0. The maximum absolute atomic E-state index is 12.0. The molecule has 98 valence electrons. The lowest BCUT2D eigenvalue weighted by molar-refractivity contribution is -0.128. The van der Waals surface area contributed by atoms with Gasteiger partial charge < -0.3 is 4.90 Å². The fourth-order valence-corrected chi connectivity index (χ4v) is 3.35. The topological polar surface area (TPSA) is 33.2 Å². The van der Waals surface area contributed by atoms with E-state index in [-0.39, 0.29) is 5.91 Å². The summed E-state index contributed by atoms with van der Waals surface area (Å²) < 4.78 is 0. The van der Waals surface area contributed by atoms with Gasteiger partial charge in [0.15, 0.2) is 0 Å². The SMILES string of the molecule is C=CC(=O)N(CCCC)C1CCc2ncsc2C1. The van der Waals surface area contributed by atoms with Gasteiger partial charge >= 0.3 is 0 Å². The molecule has 3 nitrogen and oxygen atoms in total. The van der Waals surface area contributed by atoms with Crippen molar-refractivity contribution in [1.29, 1.82) is 0 Å². The average molecular weight is 264 g/mol. The summed E-state index contributed by atoms with van der Waals surface area (Å²) in [5.74, 6) is 0.0708. The zero-order valence-electron chi connectivity index (χ0n) is 10.9.